The Kier molecular flexibility index (Phi) is 4.04. The predicted molar refractivity (Wildman–Crippen MR) is 72.4 cm³/mol. The number of ether oxygens (including phenoxy) is 2. The lowest BCUT2D eigenvalue weighted by Crippen LogP contribution is -2.15. The van der Waals surface area contributed by atoms with E-state index in [1.165, 1.54) is 44.8 Å². The van der Waals surface area contributed by atoms with Crippen LogP contribution in [0.1, 0.15) is 0 Å². The van der Waals surface area contributed by atoms with Crippen LogP contribution in [0.2, 0.25) is 0 Å². The third kappa shape index (κ3) is 2.97. The van der Waals surface area contributed by atoms with Gasteiger partial charge in [-0.05, 0) is 18.2 Å². The highest BCUT2D eigenvalue weighted by atomic mass is 32.2. The average Bonchev–Trinajstić information content (AvgIpc) is 2.47. The van der Waals surface area contributed by atoms with E-state index in [0.717, 1.165) is 0 Å². The van der Waals surface area contributed by atoms with Crippen LogP contribution in [0.4, 0.5) is 5.95 Å². The molecule has 0 fully saturated rings. The zero-order valence-corrected chi connectivity index (χ0v) is 11.7. The number of hydrogen-bond acceptors (Lipinski definition) is 6. The molecule has 0 amide bonds. The Hall–Kier alpha value is -2.35. The summed E-state index contributed by atoms with van der Waals surface area (Å²) in [5.41, 5.74) is 0. The van der Waals surface area contributed by atoms with Crippen LogP contribution >= 0.6 is 0 Å². The van der Waals surface area contributed by atoms with Gasteiger partial charge in [-0.25, -0.2) is 23.1 Å². The standard InChI is InChI=1S/C12H13N3O4S/c1-18-10-5-4-9(8-11(10)19-2)20(16,17)15-12-13-6-3-7-14-12/h3-8H,1-2H3,(H,13,14,15). The molecule has 0 atom stereocenters. The average molecular weight is 295 g/mol. The second kappa shape index (κ2) is 5.74. The quantitative estimate of drug-likeness (QED) is 0.894. The molecule has 0 saturated heterocycles. The van der Waals surface area contributed by atoms with Crippen LogP contribution < -0.4 is 14.2 Å². The van der Waals surface area contributed by atoms with Gasteiger partial charge in [0.05, 0.1) is 19.1 Å². The summed E-state index contributed by atoms with van der Waals surface area (Å²) in [6.45, 7) is 0. The fourth-order valence-electron chi connectivity index (χ4n) is 1.51. The van der Waals surface area contributed by atoms with Crippen LogP contribution in [0.25, 0.3) is 0 Å². The molecular formula is C12H13N3O4S. The highest BCUT2D eigenvalue weighted by Crippen LogP contribution is 2.29. The molecule has 2 rings (SSSR count). The van der Waals surface area contributed by atoms with Gasteiger partial charge in [0.1, 0.15) is 0 Å². The molecule has 1 heterocycles. The highest BCUT2D eigenvalue weighted by Gasteiger charge is 2.18. The van der Waals surface area contributed by atoms with Gasteiger partial charge in [0.15, 0.2) is 11.5 Å². The first kappa shape index (κ1) is 14.1. The van der Waals surface area contributed by atoms with Gasteiger partial charge in [-0.1, -0.05) is 0 Å². The minimum absolute atomic E-state index is 0.00212. The van der Waals surface area contributed by atoms with Crippen molar-refractivity contribution in [2.24, 2.45) is 0 Å². The summed E-state index contributed by atoms with van der Waals surface area (Å²) in [4.78, 5) is 7.65. The largest absolute Gasteiger partial charge is 0.493 e. The molecule has 8 heteroatoms. The Labute approximate surface area is 116 Å². The molecule has 20 heavy (non-hydrogen) atoms. The van der Waals surface area contributed by atoms with E-state index in [-0.39, 0.29) is 10.8 Å². The van der Waals surface area contributed by atoms with E-state index >= 15 is 0 Å². The number of nitrogens with one attached hydrogen (secondary N) is 1. The molecule has 0 aliphatic rings. The van der Waals surface area contributed by atoms with Crippen molar-refractivity contribution in [2.75, 3.05) is 18.9 Å². The minimum Gasteiger partial charge on any atom is -0.493 e. The van der Waals surface area contributed by atoms with Gasteiger partial charge < -0.3 is 9.47 Å². The number of rotatable bonds is 5. The maximum Gasteiger partial charge on any atom is 0.264 e. The van der Waals surface area contributed by atoms with Gasteiger partial charge in [-0.15, -0.1) is 0 Å². The maximum atomic E-state index is 12.2. The fourth-order valence-corrected chi connectivity index (χ4v) is 2.49. The predicted octanol–water partition coefficient (Wildman–Crippen LogP) is 1.29. The molecule has 0 radical (unpaired) electrons. The lowest BCUT2D eigenvalue weighted by atomic mass is 10.3. The molecule has 0 saturated carbocycles. The third-order valence-corrected chi connectivity index (χ3v) is 3.78. The Balaban J connectivity index is 2.35. The Morgan fingerprint density at radius 3 is 2.30 bits per heavy atom. The van der Waals surface area contributed by atoms with E-state index in [9.17, 15) is 8.42 Å². The van der Waals surface area contributed by atoms with Crippen LogP contribution in [-0.4, -0.2) is 32.6 Å². The minimum atomic E-state index is -3.78. The van der Waals surface area contributed by atoms with Crippen LogP contribution in [-0.2, 0) is 10.0 Å². The molecule has 0 aliphatic heterocycles. The monoisotopic (exact) mass is 295 g/mol. The molecule has 1 aromatic heterocycles. The number of benzene rings is 1. The van der Waals surface area contributed by atoms with Gasteiger partial charge >= 0.3 is 0 Å². The maximum absolute atomic E-state index is 12.2. The topological polar surface area (TPSA) is 90.4 Å². The molecule has 1 N–H and O–H groups in total. The second-order valence-electron chi connectivity index (χ2n) is 3.69. The zero-order valence-electron chi connectivity index (χ0n) is 10.9. The molecule has 1 aromatic carbocycles. The van der Waals surface area contributed by atoms with Crippen molar-refractivity contribution in [1.82, 2.24) is 9.97 Å². The number of sulfonamides is 1. The van der Waals surface area contributed by atoms with Gasteiger partial charge in [0, 0.05) is 18.5 Å². The third-order valence-electron chi connectivity index (χ3n) is 2.46. The SMILES string of the molecule is COc1ccc(S(=O)(=O)Nc2ncccn2)cc1OC. The van der Waals surface area contributed by atoms with Crippen LogP contribution in [0.5, 0.6) is 11.5 Å². The molecule has 7 nitrogen and oxygen atoms in total. The smallest absolute Gasteiger partial charge is 0.264 e. The van der Waals surface area contributed by atoms with Gasteiger partial charge in [-0.3, -0.25) is 0 Å². The summed E-state index contributed by atoms with van der Waals surface area (Å²) in [5.74, 6) is 0.772. The van der Waals surface area contributed by atoms with Crippen molar-refractivity contribution in [3.05, 3.63) is 36.7 Å². The van der Waals surface area contributed by atoms with E-state index < -0.39 is 10.0 Å². The van der Waals surface area contributed by atoms with Crippen molar-refractivity contribution in [3.63, 3.8) is 0 Å². The molecule has 106 valence electrons. The van der Waals surface area contributed by atoms with Gasteiger partial charge in [0.2, 0.25) is 5.95 Å². The molecule has 0 spiro atoms. The number of nitrogens with zero attached hydrogens (tertiary/aromatic N) is 2. The summed E-state index contributed by atoms with van der Waals surface area (Å²) in [7, 11) is -0.875. The summed E-state index contributed by atoms with van der Waals surface area (Å²) in [6, 6.07) is 5.88. The second-order valence-corrected chi connectivity index (χ2v) is 5.38. The molecule has 2 aromatic rings. The van der Waals surface area contributed by atoms with Gasteiger partial charge in [0.25, 0.3) is 10.0 Å². The molecule has 0 unspecified atom stereocenters. The molecule has 0 aliphatic carbocycles. The molecular weight excluding hydrogens is 282 g/mol. The summed E-state index contributed by atoms with van der Waals surface area (Å²) < 4.78 is 36.8. The van der Waals surface area contributed by atoms with Crippen molar-refractivity contribution >= 4 is 16.0 Å². The lowest BCUT2D eigenvalue weighted by Gasteiger charge is -2.10. The van der Waals surface area contributed by atoms with Crippen LogP contribution in [0.15, 0.2) is 41.6 Å². The summed E-state index contributed by atoms with van der Waals surface area (Å²) >= 11 is 0. The van der Waals surface area contributed by atoms with Crippen LogP contribution in [0, 0.1) is 0 Å². The number of aromatic nitrogens is 2. The van der Waals surface area contributed by atoms with Crippen molar-refractivity contribution < 1.29 is 17.9 Å². The number of hydrogen-bond donors (Lipinski definition) is 1. The van der Waals surface area contributed by atoms with E-state index in [1.807, 2.05) is 0 Å². The summed E-state index contributed by atoms with van der Waals surface area (Å²) in [6.07, 6.45) is 2.89. The first-order chi connectivity index (χ1) is 9.56. The van der Waals surface area contributed by atoms with E-state index in [0.29, 0.717) is 11.5 Å². The van der Waals surface area contributed by atoms with E-state index in [2.05, 4.69) is 14.7 Å². The molecule has 0 bridgehead atoms. The normalized spacial score (nSPS) is 10.9. The Morgan fingerprint density at radius 2 is 1.70 bits per heavy atom. The summed E-state index contributed by atoms with van der Waals surface area (Å²) in [5, 5.41) is 0. The number of methoxy groups -OCH3 is 2. The first-order valence-electron chi connectivity index (χ1n) is 5.58. The van der Waals surface area contributed by atoms with Gasteiger partial charge in [-0.2, -0.15) is 0 Å². The first-order valence-corrected chi connectivity index (χ1v) is 7.07. The van der Waals surface area contributed by atoms with E-state index in [4.69, 9.17) is 9.47 Å². The van der Waals surface area contributed by atoms with Crippen LogP contribution in [0.3, 0.4) is 0 Å². The van der Waals surface area contributed by atoms with Crippen molar-refractivity contribution in [3.8, 4) is 11.5 Å². The fraction of sp³-hybridized carbons (Fsp3) is 0.167. The van der Waals surface area contributed by atoms with E-state index in [1.54, 1.807) is 6.07 Å². The lowest BCUT2D eigenvalue weighted by molar-refractivity contribution is 0.354. The Bertz CT molecular complexity index is 689. The zero-order chi connectivity index (χ0) is 14.6. The van der Waals surface area contributed by atoms with Crippen molar-refractivity contribution in [1.29, 1.82) is 0 Å². The van der Waals surface area contributed by atoms with Crippen molar-refractivity contribution in [2.45, 2.75) is 4.90 Å². The highest BCUT2D eigenvalue weighted by molar-refractivity contribution is 7.92. The Morgan fingerprint density at radius 1 is 1.05 bits per heavy atom. The number of anilines is 1.